The number of nitrogens with zero attached hydrogens (tertiary/aromatic N) is 2. The number of aromatic amines is 1. The van der Waals surface area contributed by atoms with Gasteiger partial charge in [0.15, 0.2) is 5.16 Å². The zero-order chi connectivity index (χ0) is 19.9. The third kappa shape index (κ3) is 5.59. The second-order valence-electron chi connectivity index (χ2n) is 6.29. The summed E-state index contributed by atoms with van der Waals surface area (Å²) < 4.78 is 0.806. The fourth-order valence-electron chi connectivity index (χ4n) is 2.64. The number of H-pyrrole nitrogens is 1. The first-order valence-electron chi connectivity index (χ1n) is 8.89. The molecule has 0 aliphatic rings. The maximum absolute atomic E-state index is 12.3. The van der Waals surface area contributed by atoms with Crippen molar-refractivity contribution in [2.24, 2.45) is 0 Å². The van der Waals surface area contributed by atoms with E-state index in [1.807, 2.05) is 42.5 Å². The molecule has 0 saturated heterocycles. The first-order valence-corrected chi connectivity index (χ1v) is 10.7. The lowest BCUT2D eigenvalue weighted by atomic mass is 10.3. The summed E-state index contributed by atoms with van der Waals surface area (Å²) in [5, 5.41) is 3.66. The second kappa shape index (κ2) is 9.75. The van der Waals surface area contributed by atoms with Crippen LogP contribution in [0.15, 0.2) is 58.2 Å². The van der Waals surface area contributed by atoms with E-state index >= 15 is 0 Å². The predicted molar refractivity (Wildman–Crippen MR) is 116 cm³/mol. The van der Waals surface area contributed by atoms with E-state index in [0.717, 1.165) is 32.8 Å². The summed E-state index contributed by atoms with van der Waals surface area (Å²) in [6, 6.07) is 15.3. The third-order valence-corrected chi connectivity index (χ3v) is 5.75. The highest BCUT2D eigenvalue weighted by molar-refractivity contribution is 9.10. The topological polar surface area (TPSA) is 78.1 Å². The number of likely N-dealkylation sites (N-methyl/N-ethyl adjacent to an activating group) is 1. The number of halogens is 1. The smallest absolute Gasteiger partial charge is 0.244 e. The van der Waals surface area contributed by atoms with Crippen LogP contribution in [0.2, 0.25) is 0 Å². The fraction of sp³-hybridized carbons (Fsp3) is 0.250. The number of carbonyl (C=O) groups excluding carboxylic acids is 2. The number of anilines is 1. The number of benzene rings is 2. The van der Waals surface area contributed by atoms with Gasteiger partial charge in [-0.2, -0.15) is 0 Å². The Morgan fingerprint density at radius 1 is 1.18 bits per heavy atom. The van der Waals surface area contributed by atoms with Crippen LogP contribution in [0.4, 0.5) is 5.69 Å². The molecular weight excluding hydrogens is 440 g/mol. The maximum Gasteiger partial charge on any atom is 0.244 e. The van der Waals surface area contributed by atoms with E-state index in [2.05, 4.69) is 31.2 Å². The molecule has 0 radical (unpaired) electrons. The molecule has 1 aromatic heterocycles. The van der Waals surface area contributed by atoms with Gasteiger partial charge in [-0.25, -0.2) is 4.98 Å². The number of hydrogen-bond donors (Lipinski definition) is 2. The minimum absolute atomic E-state index is 0.0247. The van der Waals surface area contributed by atoms with Gasteiger partial charge in [0.2, 0.25) is 11.8 Å². The molecule has 3 rings (SSSR count). The van der Waals surface area contributed by atoms with Crippen LogP contribution >= 0.6 is 27.7 Å². The molecule has 146 valence electrons. The van der Waals surface area contributed by atoms with Crippen molar-refractivity contribution in [2.45, 2.75) is 18.0 Å². The third-order valence-electron chi connectivity index (χ3n) is 4.10. The van der Waals surface area contributed by atoms with Crippen LogP contribution in [-0.4, -0.2) is 46.0 Å². The Balaban J connectivity index is 1.39. The zero-order valence-electron chi connectivity index (χ0n) is 15.4. The summed E-state index contributed by atoms with van der Waals surface area (Å²) in [4.78, 5) is 33.6. The number of thioether (sulfide) groups is 1. The lowest BCUT2D eigenvalue weighted by Gasteiger charge is -2.17. The minimum atomic E-state index is -0.223. The summed E-state index contributed by atoms with van der Waals surface area (Å²) in [6.45, 7) is 0.0247. The average molecular weight is 461 g/mol. The van der Waals surface area contributed by atoms with E-state index in [9.17, 15) is 9.59 Å². The van der Waals surface area contributed by atoms with E-state index in [4.69, 9.17) is 0 Å². The van der Waals surface area contributed by atoms with E-state index in [1.165, 1.54) is 4.90 Å². The number of amides is 2. The maximum atomic E-state index is 12.3. The van der Waals surface area contributed by atoms with Gasteiger partial charge in [-0.05, 0) is 46.6 Å². The molecule has 0 saturated carbocycles. The van der Waals surface area contributed by atoms with Gasteiger partial charge in [0.1, 0.15) is 0 Å². The summed E-state index contributed by atoms with van der Waals surface area (Å²) >= 11 is 4.98. The lowest BCUT2D eigenvalue weighted by Crippen LogP contribution is -2.34. The van der Waals surface area contributed by atoms with Crippen LogP contribution in [0, 0.1) is 0 Å². The Labute approximate surface area is 176 Å². The van der Waals surface area contributed by atoms with E-state index in [-0.39, 0.29) is 18.4 Å². The Kier molecular flexibility index (Phi) is 7.11. The summed E-state index contributed by atoms with van der Waals surface area (Å²) in [7, 11) is 1.65. The highest BCUT2D eigenvalue weighted by Crippen LogP contribution is 2.21. The van der Waals surface area contributed by atoms with Crippen molar-refractivity contribution >= 4 is 56.2 Å². The second-order valence-corrected chi connectivity index (χ2v) is 8.23. The van der Waals surface area contributed by atoms with Gasteiger partial charge >= 0.3 is 0 Å². The molecule has 0 unspecified atom stereocenters. The van der Waals surface area contributed by atoms with E-state index in [0.29, 0.717) is 12.1 Å². The standard InChI is InChI=1S/C20H21BrN4O2S/c1-25(13-18(26)22-15-8-3-2-7-14(15)21)19(27)11-6-12-28-20-23-16-9-4-5-10-17(16)24-20/h2-5,7-10H,6,11-13H2,1H3,(H,22,26)(H,23,24). The molecule has 8 heteroatoms. The van der Waals surface area contributed by atoms with Gasteiger partial charge in [-0.3, -0.25) is 9.59 Å². The molecule has 0 spiro atoms. The first-order chi connectivity index (χ1) is 13.5. The van der Waals surface area contributed by atoms with Crippen LogP contribution in [0.5, 0.6) is 0 Å². The molecule has 0 atom stereocenters. The van der Waals surface area contributed by atoms with Crippen molar-refractivity contribution in [2.75, 3.05) is 24.7 Å². The molecule has 0 fully saturated rings. The molecule has 1 heterocycles. The first kappa shape index (κ1) is 20.4. The molecule has 0 bridgehead atoms. The van der Waals surface area contributed by atoms with Crippen molar-refractivity contribution in [3.05, 3.63) is 53.0 Å². The molecule has 2 amide bonds. The number of fused-ring (bicyclic) bond motifs is 1. The lowest BCUT2D eigenvalue weighted by molar-refractivity contribution is -0.133. The summed E-state index contributed by atoms with van der Waals surface area (Å²) in [5.41, 5.74) is 2.64. The van der Waals surface area contributed by atoms with Gasteiger partial charge in [-0.1, -0.05) is 36.0 Å². The van der Waals surface area contributed by atoms with Crippen LogP contribution in [0.1, 0.15) is 12.8 Å². The summed E-state index contributed by atoms with van der Waals surface area (Å²) in [6.07, 6.45) is 1.11. The van der Waals surface area contributed by atoms with Gasteiger partial charge in [-0.15, -0.1) is 0 Å². The van der Waals surface area contributed by atoms with Crippen LogP contribution < -0.4 is 5.32 Å². The normalized spacial score (nSPS) is 10.8. The molecule has 2 aromatic carbocycles. The van der Waals surface area contributed by atoms with Crippen molar-refractivity contribution in [1.29, 1.82) is 0 Å². The molecule has 0 aliphatic carbocycles. The molecule has 3 aromatic rings. The van der Waals surface area contributed by atoms with Crippen molar-refractivity contribution < 1.29 is 9.59 Å². The molecule has 6 nitrogen and oxygen atoms in total. The van der Waals surface area contributed by atoms with Gasteiger partial charge in [0, 0.05) is 23.7 Å². The Morgan fingerprint density at radius 2 is 1.93 bits per heavy atom. The number of nitrogens with one attached hydrogen (secondary N) is 2. The number of para-hydroxylation sites is 3. The zero-order valence-corrected chi connectivity index (χ0v) is 17.8. The quantitative estimate of drug-likeness (QED) is 0.388. The fourth-order valence-corrected chi connectivity index (χ4v) is 3.85. The average Bonchev–Trinajstić information content (AvgIpc) is 3.09. The molecule has 2 N–H and O–H groups in total. The highest BCUT2D eigenvalue weighted by atomic mass is 79.9. The largest absolute Gasteiger partial charge is 0.336 e. The van der Waals surface area contributed by atoms with Crippen LogP contribution in [-0.2, 0) is 9.59 Å². The number of aromatic nitrogens is 2. The number of imidazole rings is 1. The van der Waals surface area contributed by atoms with Crippen LogP contribution in [0.3, 0.4) is 0 Å². The van der Waals surface area contributed by atoms with Gasteiger partial charge in [0.25, 0.3) is 0 Å². The number of carbonyl (C=O) groups is 2. The highest BCUT2D eigenvalue weighted by Gasteiger charge is 2.14. The van der Waals surface area contributed by atoms with E-state index in [1.54, 1.807) is 24.9 Å². The van der Waals surface area contributed by atoms with Gasteiger partial charge < -0.3 is 15.2 Å². The van der Waals surface area contributed by atoms with E-state index < -0.39 is 0 Å². The minimum Gasteiger partial charge on any atom is -0.336 e. The van der Waals surface area contributed by atoms with Crippen molar-refractivity contribution in [1.82, 2.24) is 14.9 Å². The molecular formula is C20H21BrN4O2S. The Hall–Kier alpha value is -2.32. The molecule has 28 heavy (non-hydrogen) atoms. The molecule has 0 aliphatic heterocycles. The Bertz CT molecular complexity index is 943. The SMILES string of the molecule is CN(CC(=O)Nc1ccccc1Br)C(=O)CCCSc1nc2ccccc2[nH]1. The van der Waals surface area contributed by atoms with Gasteiger partial charge in [0.05, 0.1) is 23.3 Å². The number of hydrogen-bond acceptors (Lipinski definition) is 4. The Morgan fingerprint density at radius 3 is 2.71 bits per heavy atom. The number of rotatable bonds is 8. The van der Waals surface area contributed by atoms with Crippen molar-refractivity contribution in [3.8, 4) is 0 Å². The summed E-state index contributed by atoms with van der Waals surface area (Å²) in [5.74, 6) is 0.509. The predicted octanol–water partition coefficient (Wildman–Crippen LogP) is 4.29. The van der Waals surface area contributed by atoms with Crippen LogP contribution in [0.25, 0.3) is 11.0 Å². The monoisotopic (exact) mass is 460 g/mol. The van der Waals surface area contributed by atoms with Crippen molar-refractivity contribution in [3.63, 3.8) is 0 Å².